The first-order chi connectivity index (χ1) is 8.81. The number of aliphatic hydroxyl groups is 1. The lowest BCUT2D eigenvalue weighted by Crippen LogP contribution is -2.26. The van der Waals surface area contributed by atoms with Crippen LogP contribution >= 0.6 is 0 Å². The van der Waals surface area contributed by atoms with Crippen LogP contribution in [-0.2, 0) is 4.79 Å². The molecule has 3 heteroatoms. The van der Waals surface area contributed by atoms with Crippen LogP contribution in [0.1, 0.15) is 37.8 Å². The van der Waals surface area contributed by atoms with E-state index >= 15 is 0 Å². The van der Waals surface area contributed by atoms with E-state index in [4.69, 9.17) is 0 Å². The number of Topliss-reactive ketones (excluding diaryl/α,β-unsaturated/α-hetero) is 1. The topological polar surface area (TPSA) is 57.5 Å². The number of phenols is 1. The molecule has 0 aromatic heterocycles. The monoisotopic (exact) mass is 260 g/mol. The zero-order valence-electron chi connectivity index (χ0n) is 11.6. The van der Waals surface area contributed by atoms with Crippen molar-refractivity contribution in [3.63, 3.8) is 0 Å². The van der Waals surface area contributed by atoms with Crippen LogP contribution in [0.25, 0.3) is 5.57 Å². The average molecular weight is 260 g/mol. The van der Waals surface area contributed by atoms with Crippen LogP contribution in [0.3, 0.4) is 0 Å². The van der Waals surface area contributed by atoms with Gasteiger partial charge in [0.1, 0.15) is 5.75 Å². The van der Waals surface area contributed by atoms with Crippen molar-refractivity contribution in [2.45, 2.75) is 39.2 Å². The highest BCUT2D eigenvalue weighted by atomic mass is 16.3. The summed E-state index contributed by atoms with van der Waals surface area (Å²) in [6, 6.07) is 5.17. The van der Waals surface area contributed by atoms with Gasteiger partial charge in [-0.3, -0.25) is 4.79 Å². The largest absolute Gasteiger partial charge is 0.508 e. The van der Waals surface area contributed by atoms with E-state index in [0.29, 0.717) is 23.5 Å². The third-order valence-electron chi connectivity index (χ3n) is 3.46. The Morgan fingerprint density at radius 1 is 1.37 bits per heavy atom. The Bertz CT molecular complexity index is 543. The van der Waals surface area contributed by atoms with Crippen LogP contribution in [0.4, 0.5) is 0 Å². The smallest absolute Gasteiger partial charge is 0.166 e. The molecule has 0 heterocycles. The molecule has 0 saturated carbocycles. The third-order valence-corrected chi connectivity index (χ3v) is 3.46. The first kappa shape index (κ1) is 13.8. The maximum Gasteiger partial charge on any atom is 0.166 e. The number of ketones is 1. The number of carbonyl (C=O) groups is 1. The second-order valence-electron chi connectivity index (χ2n) is 5.86. The fourth-order valence-corrected chi connectivity index (χ4v) is 2.63. The fourth-order valence-electron chi connectivity index (χ4n) is 2.63. The summed E-state index contributed by atoms with van der Waals surface area (Å²) in [5.74, 6) is 0.428. The van der Waals surface area contributed by atoms with Crippen LogP contribution < -0.4 is 0 Å². The van der Waals surface area contributed by atoms with Gasteiger partial charge in [0.15, 0.2) is 5.78 Å². The van der Waals surface area contributed by atoms with Crippen molar-refractivity contribution in [2.24, 2.45) is 5.92 Å². The van der Waals surface area contributed by atoms with Gasteiger partial charge < -0.3 is 10.2 Å². The average Bonchev–Trinajstić information content (AvgIpc) is 2.57. The Labute approximate surface area is 113 Å². The van der Waals surface area contributed by atoms with Crippen molar-refractivity contribution in [2.75, 3.05) is 0 Å². The standard InChI is InChI=1S/C16H20O3/c1-10(2)7-16(19)8-13(15(18)9-16)12-5-4-11(3)14(17)6-12/h4-6,8,10,17,19H,7,9H2,1-3H3. The van der Waals surface area contributed by atoms with E-state index in [0.717, 1.165) is 5.56 Å². The van der Waals surface area contributed by atoms with Gasteiger partial charge in [0.05, 0.1) is 5.60 Å². The number of carbonyl (C=O) groups excluding carboxylic acids is 1. The van der Waals surface area contributed by atoms with Gasteiger partial charge in [-0.25, -0.2) is 0 Å². The summed E-state index contributed by atoms with van der Waals surface area (Å²) in [4.78, 5) is 12.1. The molecule has 1 aromatic rings. The molecule has 0 saturated heterocycles. The summed E-state index contributed by atoms with van der Waals surface area (Å²) in [5.41, 5.74) is 0.916. The predicted octanol–water partition coefficient (Wildman–Crippen LogP) is 2.83. The van der Waals surface area contributed by atoms with Gasteiger partial charge >= 0.3 is 0 Å². The fraction of sp³-hybridized carbons (Fsp3) is 0.438. The van der Waals surface area contributed by atoms with Crippen LogP contribution in [0.2, 0.25) is 0 Å². The molecular weight excluding hydrogens is 240 g/mol. The quantitative estimate of drug-likeness (QED) is 0.878. The normalized spacial score (nSPS) is 23.0. The van der Waals surface area contributed by atoms with Gasteiger partial charge in [-0.2, -0.15) is 0 Å². The van der Waals surface area contributed by atoms with Crippen LogP contribution in [0, 0.1) is 12.8 Å². The van der Waals surface area contributed by atoms with Crippen molar-refractivity contribution in [1.82, 2.24) is 0 Å². The summed E-state index contributed by atoms with van der Waals surface area (Å²) >= 11 is 0. The number of phenolic OH excluding ortho intramolecular Hbond substituents is 1. The Kier molecular flexibility index (Phi) is 3.50. The van der Waals surface area contributed by atoms with E-state index in [2.05, 4.69) is 0 Å². The minimum absolute atomic E-state index is 0.0635. The molecule has 1 aromatic carbocycles. The summed E-state index contributed by atoms with van der Waals surface area (Å²) in [6.07, 6.45) is 2.36. The molecule has 1 unspecified atom stereocenters. The summed E-state index contributed by atoms with van der Waals surface area (Å²) in [5, 5.41) is 20.1. The van der Waals surface area contributed by atoms with Crippen LogP contribution in [0.5, 0.6) is 5.75 Å². The third kappa shape index (κ3) is 2.87. The van der Waals surface area contributed by atoms with E-state index in [-0.39, 0.29) is 18.0 Å². The number of aromatic hydroxyl groups is 1. The number of allylic oxidation sites excluding steroid dienone is 1. The van der Waals surface area contributed by atoms with E-state index in [9.17, 15) is 15.0 Å². The zero-order chi connectivity index (χ0) is 14.2. The Hall–Kier alpha value is -1.61. The van der Waals surface area contributed by atoms with Gasteiger partial charge in [-0.1, -0.05) is 26.0 Å². The SMILES string of the molecule is Cc1ccc(C2=CC(O)(CC(C)C)CC2=O)cc1O. The van der Waals surface area contributed by atoms with Gasteiger partial charge in [-0.05, 0) is 42.5 Å². The minimum Gasteiger partial charge on any atom is -0.508 e. The highest BCUT2D eigenvalue weighted by Crippen LogP contribution is 2.36. The lowest BCUT2D eigenvalue weighted by molar-refractivity contribution is -0.116. The van der Waals surface area contributed by atoms with Crippen molar-refractivity contribution in [3.05, 3.63) is 35.4 Å². The maximum atomic E-state index is 12.1. The Balaban J connectivity index is 2.36. The van der Waals surface area contributed by atoms with E-state index in [1.807, 2.05) is 13.8 Å². The van der Waals surface area contributed by atoms with Crippen LogP contribution in [0.15, 0.2) is 24.3 Å². The number of rotatable bonds is 3. The van der Waals surface area contributed by atoms with Crippen molar-refractivity contribution < 1.29 is 15.0 Å². The lowest BCUT2D eigenvalue weighted by atomic mass is 9.92. The number of benzene rings is 1. The van der Waals surface area contributed by atoms with Gasteiger partial charge in [0, 0.05) is 12.0 Å². The highest BCUT2D eigenvalue weighted by Gasteiger charge is 2.37. The number of hydrogen-bond acceptors (Lipinski definition) is 3. The van der Waals surface area contributed by atoms with Gasteiger partial charge in [0.2, 0.25) is 0 Å². The zero-order valence-corrected chi connectivity index (χ0v) is 11.6. The van der Waals surface area contributed by atoms with Crippen LogP contribution in [-0.4, -0.2) is 21.6 Å². The molecule has 2 N–H and O–H groups in total. The predicted molar refractivity (Wildman–Crippen MR) is 74.8 cm³/mol. The molecule has 0 spiro atoms. The van der Waals surface area contributed by atoms with Crippen molar-refractivity contribution in [1.29, 1.82) is 0 Å². The summed E-state index contributed by atoms with van der Waals surface area (Å²) in [7, 11) is 0. The molecule has 1 aliphatic carbocycles. The molecule has 19 heavy (non-hydrogen) atoms. The molecule has 0 aliphatic heterocycles. The molecule has 0 bridgehead atoms. The molecule has 2 rings (SSSR count). The van der Waals surface area contributed by atoms with E-state index < -0.39 is 5.60 Å². The molecule has 1 atom stereocenters. The number of aryl methyl sites for hydroxylation is 1. The van der Waals surface area contributed by atoms with Gasteiger partial charge in [-0.15, -0.1) is 0 Å². The number of hydrogen-bond donors (Lipinski definition) is 2. The molecule has 3 nitrogen and oxygen atoms in total. The Morgan fingerprint density at radius 3 is 2.63 bits per heavy atom. The van der Waals surface area contributed by atoms with Crippen molar-refractivity contribution in [3.8, 4) is 5.75 Å². The highest BCUT2D eigenvalue weighted by molar-refractivity contribution is 6.23. The minimum atomic E-state index is -1.04. The Morgan fingerprint density at radius 2 is 2.05 bits per heavy atom. The van der Waals surface area contributed by atoms with E-state index in [1.54, 1.807) is 31.2 Å². The summed E-state index contributed by atoms with van der Waals surface area (Å²) < 4.78 is 0. The molecule has 0 fully saturated rings. The lowest BCUT2D eigenvalue weighted by Gasteiger charge is -2.21. The molecule has 0 amide bonds. The second kappa shape index (κ2) is 4.82. The molecule has 102 valence electrons. The molecule has 0 radical (unpaired) electrons. The second-order valence-corrected chi connectivity index (χ2v) is 5.86. The van der Waals surface area contributed by atoms with E-state index in [1.165, 1.54) is 0 Å². The summed E-state index contributed by atoms with van der Waals surface area (Å²) in [6.45, 7) is 5.84. The first-order valence-electron chi connectivity index (χ1n) is 6.59. The molecule has 1 aliphatic rings. The first-order valence-corrected chi connectivity index (χ1v) is 6.59. The molecular formula is C16H20O3. The van der Waals surface area contributed by atoms with Crippen molar-refractivity contribution >= 4 is 11.4 Å². The van der Waals surface area contributed by atoms with Gasteiger partial charge in [0.25, 0.3) is 0 Å². The maximum absolute atomic E-state index is 12.1.